The lowest BCUT2D eigenvalue weighted by Crippen LogP contribution is -2.30. The standard InChI is InChI=1S/C52H98O6/c1-4-7-10-13-16-19-21-23-24-25-26-27-28-29-31-33-36-39-42-45-51(54)57-48-49(47-56-50(53)44-41-38-35-32-18-15-12-9-6-3)58-52(55)46-43-40-37-34-30-22-20-17-14-11-8-5-2/h25-26,49H,4-24,27-48H2,1-3H3/b26-25-. The Labute approximate surface area is 360 Å². The molecule has 0 heterocycles. The van der Waals surface area contributed by atoms with Crippen molar-refractivity contribution in [3.63, 3.8) is 0 Å². The van der Waals surface area contributed by atoms with Crippen molar-refractivity contribution in [3.05, 3.63) is 12.2 Å². The number of carbonyl (C=O) groups excluding carboxylic acids is 3. The molecule has 1 atom stereocenters. The van der Waals surface area contributed by atoms with E-state index in [0.717, 1.165) is 57.8 Å². The number of unbranched alkanes of at least 4 members (excludes halogenated alkanes) is 34. The first-order chi connectivity index (χ1) is 28.5. The maximum Gasteiger partial charge on any atom is 0.306 e. The van der Waals surface area contributed by atoms with Gasteiger partial charge in [0, 0.05) is 19.3 Å². The van der Waals surface area contributed by atoms with Gasteiger partial charge in [-0.3, -0.25) is 14.4 Å². The number of esters is 3. The molecule has 0 aromatic carbocycles. The Morgan fingerprint density at radius 3 is 0.862 bits per heavy atom. The van der Waals surface area contributed by atoms with Gasteiger partial charge in [0.25, 0.3) is 0 Å². The van der Waals surface area contributed by atoms with Gasteiger partial charge in [0.05, 0.1) is 0 Å². The molecule has 6 nitrogen and oxygen atoms in total. The molecule has 0 aromatic heterocycles. The quantitative estimate of drug-likeness (QED) is 0.0263. The molecule has 0 aliphatic rings. The van der Waals surface area contributed by atoms with Crippen LogP contribution in [0.4, 0.5) is 0 Å². The van der Waals surface area contributed by atoms with Gasteiger partial charge in [0.1, 0.15) is 13.2 Å². The van der Waals surface area contributed by atoms with E-state index in [1.807, 2.05) is 0 Å². The number of hydrogen-bond donors (Lipinski definition) is 0. The summed E-state index contributed by atoms with van der Waals surface area (Å²) in [5.74, 6) is -0.860. The van der Waals surface area contributed by atoms with E-state index >= 15 is 0 Å². The molecule has 0 radical (unpaired) electrons. The van der Waals surface area contributed by atoms with Crippen molar-refractivity contribution in [3.8, 4) is 0 Å². The van der Waals surface area contributed by atoms with Gasteiger partial charge in [-0.1, -0.05) is 232 Å². The normalized spacial score (nSPS) is 12.0. The minimum Gasteiger partial charge on any atom is -0.462 e. The molecule has 0 N–H and O–H groups in total. The first-order valence-electron chi connectivity index (χ1n) is 25.7. The molecule has 0 amide bonds. The highest BCUT2D eigenvalue weighted by molar-refractivity contribution is 5.71. The maximum atomic E-state index is 12.7. The smallest absolute Gasteiger partial charge is 0.306 e. The largest absolute Gasteiger partial charge is 0.462 e. The van der Waals surface area contributed by atoms with E-state index in [2.05, 4.69) is 32.9 Å². The van der Waals surface area contributed by atoms with E-state index in [0.29, 0.717) is 19.3 Å². The van der Waals surface area contributed by atoms with Crippen molar-refractivity contribution in [2.75, 3.05) is 13.2 Å². The molecule has 342 valence electrons. The third kappa shape index (κ3) is 45.2. The van der Waals surface area contributed by atoms with Crippen molar-refractivity contribution < 1.29 is 28.6 Å². The molecule has 1 unspecified atom stereocenters. The van der Waals surface area contributed by atoms with Crippen molar-refractivity contribution in [2.24, 2.45) is 0 Å². The molecule has 0 bridgehead atoms. The monoisotopic (exact) mass is 819 g/mol. The summed E-state index contributed by atoms with van der Waals surface area (Å²) in [5, 5.41) is 0. The lowest BCUT2D eigenvalue weighted by molar-refractivity contribution is -0.167. The SMILES string of the molecule is CCCCCCCCCC/C=C\CCCCCCCCCC(=O)OCC(COC(=O)CCCCCCCCCCC)OC(=O)CCCCCCCCCCCCCC. The Kier molecular flexibility index (Phi) is 46.3. The minimum absolute atomic E-state index is 0.0667. The molecule has 0 rings (SSSR count). The van der Waals surface area contributed by atoms with Crippen LogP contribution in [-0.4, -0.2) is 37.2 Å². The van der Waals surface area contributed by atoms with Gasteiger partial charge in [-0.2, -0.15) is 0 Å². The highest BCUT2D eigenvalue weighted by Crippen LogP contribution is 2.16. The topological polar surface area (TPSA) is 78.9 Å². The summed E-state index contributed by atoms with van der Waals surface area (Å²) in [6.07, 6.45) is 52.0. The van der Waals surface area contributed by atoms with E-state index in [9.17, 15) is 14.4 Å². The average Bonchev–Trinajstić information content (AvgIpc) is 3.22. The summed E-state index contributed by atoms with van der Waals surface area (Å²) in [7, 11) is 0. The summed E-state index contributed by atoms with van der Waals surface area (Å²) in [5.41, 5.74) is 0. The highest BCUT2D eigenvalue weighted by Gasteiger charge is 2.19. The van der Waals surface area contributed by atoms with Gasteiger partial charge in [0.2, 0.25) is 0 Å². The molecule has 0 aromatic rings. The second kappa shape index (κ2) is 47.8. The molecular weight excluding hydrogens is 721 g/mol. The van der Waals surface area contributed by atoms with Crippen molar-refractivity contribution >= 4 is 17.9 Å². The van der Waals surface area contributed by atoms with E-state index in [4.69, 9.17) is 14.2 Å². The van der Waals surface area contributed by atoms with Crippen LogP contribution >= 0.6 is 0 Å². The van der Waals surface area contributed by atoms with Crippen LogP contribution in [-0.2, 0) is 28.6 Å². The molecule has 0 saturated heterocycles. The second-order valence-corrected chi connectivity index (χ2v) is 17.4. The van der Waals surface area contributed by atoms with Crippen LogP contribution in [0.15, 0.2) is 12.2 Å². The first kappa shape index (κ1) is 56.1. The van der Waals surface area contributed by atoms with Crippen molar-refractivity contribution in [1.29, 1.82) is 0 Å². The first-order valence-corrected chi connectivity index (χ1v) is 25.7. The maximum absolute atomic E-state index is 12.7. The fourth-order valence-electron chi connectivity index (χ4n) is 7.61. The zero-order valence-corrected chi connectivity index (χ0v) is 39.1. The Hall–Kier alpha value is -1.85. The van der Waals surface area contributed by atoms with Crippen molar-refractivity contribution in [2.45, 2.75) is 290 Å². The Morgan fingerprint density at radius 2 is 0.569 bits per heavy atom. The van der Waals surface area contributed by atoms with Crippen molar-refractivity contribution in [1.82, 2.24) is 0 Å². The van der Waals surface area contributed by atoms with Gasteiger partial charge in [-0.25, -0.2) is 0 Å². The number of allylic oxidation sites excluding steroid dienone is 2. The third-order valence-electron chi connectivity index (χ3n) is 11.5. The van der Waals surface area contributed by atoms with Gasteiger partial charge in [0.15, 0.2) is 6.10 Å². The lowest BCUT2D eigenvalue weighted by atomic mass is 10.0. The lowest BCUT2D eigenvalue weighted by Gasteiger charge is -2.18. The zero-order valence-electron chi connectivity index (χ0n) is 39.1. The highest BCUT2D eigenvalue weighted by atomic mass is 16.6. The fourth-order valence-corrected chi connectivity index (χ4v) is 7.61. The van der Waals surface area contributed by atoms with Gasteiger partial charge >= 0.3 is 17.9 Å². The summed E-state index contributed by atoms with van der Waals surface area (Å²) in [4.78, 5) is 37.8. The molecule has 0 fully saturated rings. The molecular formula is C52H98O6. The molecule has 0 spiro atoms. The average molecular weight is 819 g/mol. The number of carbonyl (C=O) groups is 3. The van der Waals surface area contributed by atoms with E-state index in [1.165, 1.54) is 186 Å². The summed E-state index contributed by atoms with van der Waals surface area (Å²) < 4.78 is 16.8. The third-order valence-corrected chi connectivity index (χ3v) is 11.5. The van der Waals surface area contributed by atoms with E-state index < -0.39 is 6.10 Å². The Balaban J connectivity index is 4.24. The summed E-state index contributed by atoms with van der Waals surface area (Å²) >= 11 is 0. The number of hydrogen-bond acceptors (Lipinski definition) is 6. The van der Waals surface area contributed by atoms with Crippen LogP contribution < -0.4 is 0 Å². The number of rotatable bonds is 47. The van der Waals surface area contributed by atoms with Crippen LogP contribution in [0.1, 0.15) is 284 Å². The van der Waals surface area contributed by atoms with Crippen LogP contribution in [0.3, 0.4) is 0 Å². The molecule has 0 aliphatic heterocycles. The second-order valence-electron chi connectivity index (χ2n) is 17.4. The predicted molar refractivity (Wildman–Crippen MR) is 247 cm³/mol. The van der Waals surface area contributed by atoms with E-state index in [1.54, 1.807) is 0 Å². The summed E-state index contributed by atoms with van der Waals surface area (Å²) in [6, 6.07) is 0. The zero-order chi connectivity index (χ0) is 42.3. The van der Waals surface area contributed by atoms with E-state index in [-0.39, 0.29) is 31.1 Å². The van der Waals surface area contributed by atoms with Gasteiger partial charge in [-0.05, 0) is 44.9 Å². The van der Waals surface area contributed by atoms with Gasteiger partial charge < -0.3 is 14.2 Å². The molecule has 6 heteroatoms. The van der Waals surface area contributed by atoms with Crippen LogP contribution in [0, 0.1) is 0 Å². The minimum atomic E-state index is -0.763. The van der Waals surface area contributed by atoms with Gasteiger partial charge in [-0.15, -0.1) is 0 Å². The predicted octanol–water partition coefficient (Wildman–Crippen LogP) is 16.6. The number of ether oxygens (including phenoxy) is 3. The van der Waals surface area contributed by atoms with Crippen LogP contribution in [0.5, 0.6) is 0 Å². The molecule has 0 saturated carbocycles. The fraction of sp³-hybridized carbons (Fsp3) is 0.904. The molecule has 0 aliphatic carbocycles. The Morgan fingerprint density at radius 1 is 0.328 bits per heavy atom. The summed E-state index contributed by atoms with van der Waals surface area (Å²) in [6.45, 7) is 6.64. The molecule has 58 heavy (non-hydrogen) atoms. The Bertz CT molecular complexity index is 900. The van der Waals surface area contributed by atoms with Crippen LogP contribution in [0.25, 0.3) is 0 Å². The van der Waals surface area contributed by atoms with Crippen LogP contribution in [0.2, 0.25) is 0 Å².